The van der Waals surface area contributed by atoms with Gasteiger partial charge in [-0.3, -0.25) is 0 Å². The molecular weight excluding hydrogens is 152 g/mol. The van der Waals surface area contributed by atoms with Gasteiger partial charge in [0.15, 0.2) is 0 Å². The van der Waals surface area contributed by atoms with Gasteiger partial charge in [-0.1, -0.05) is 13.8 Å². The quantitative estimate of drug-likeness (QED) is 0.730. The first-order valence-electron chi connectivity index (χ1n) is 4.11. The standard InChI is InChI=1S/C9H16N2O/c1-9(2,6-12)4-8-5-10-7-11(8)3/h5,7,12H,4,6H2,1-3H3. The van der Waals surface area contributed by atoms with Gasteiger partial charge in [-0.2, -0.15) is 0 Å². The maximum atomic E-state index is 9.05. The van der Waals surface area contributed by atoms with Gasteiger partial charge in [0.25, 0.3) is 0 Å². The molecule has 3 nitrogen and oxygen atoms in total. The van der Waals surface area contributed by atoms with E-state index in [1.54, 1.807) is 6.33 Å². The molecule has 0 bridgehead atoms. The fraction of sp³-hybridized carbons (Fsp3) is 0.667. The molecule has 0 unspecified atom stereocenters. The monoisotopic (exact) mass is 168 g/mol. The zero-order chi connectivity index (χ0) is 9.19. The van der Waals surface area contributed by atoms with E-state index in [0.29, 0.717) is 0 Å². The van der Waals surface area contributed by atoms with E-state index in [2.05, 4.69) is 4.98 Å². The highest BCUT2D eigenvalue weighted by Gasteiger charge is 2.18. The van der Waals surface area contributed by atoms with Gasteiger partial charge in [-0.05, 0) is 11.8 Å². The van der Waals surface area contributed by atoms with E-state index in [1.807, 2.05) is 31.7 Å². The van der Waals surface area contributed by atoms with E-state index < -0.39 is 0 Å². The number of rotatable bonds is 3. The van der Waals surface area contributed by atoms with Crippen molar-refractivity contribution in [2.24, 2.45) is 12.5 Å². The Bertz CT molecular complexity index is 253. The van der Waals surface area contributed by atoms with Crippen molar-refractivity contribution in [1.82, 2.24) is 9.55 Å². The fourth-order valence-corrected chi connectivity index (χ4v) is 1.10. The van der Waals surface area contributed by atoms with Crippen LogP contribution in [0.5, 0.6) is 0 Å². The van der Waals surface area contributed by atoms with E-state index >= 15 is 0 Å². The first-order chi connectivity index (χ1) is 5.55. The van der Waals surface area contributed by atoms with E-state index in [1.165, 1.54) is 0 Å². The second kappa shape index (κ2) is 3.27. The largest absolute Gasteiger partial charge is 0.396 e. The average Bonchev–Trinajstić information content (AvgIpc) is 2.36. The number of hydrogen-bond donors (Lipinski definition) is 1. The summed E-state index contributed by atoms with van der Waals surface area (Å²) in [6, 6.07) is 0. The van der Waals surface area contributed by atoms with E-state index in [4.69, 9.17) is 5.11 Å². The summed E-state index contributed by atoms with van der Waals surface area (Å²) in [5.41, 5.74) is 1.11. The minimum atomic E-state index is -0.0478. The summed E-state index contributed by atoms with van der Waals surface area (Å²) in [6.45, 7) is 4.29. The van der Waals surface area contributed by atoms with Crippen LogP contribution in [-0.4, -0.2) is 21.3 Å². The smallest absolute Gasteiger partial charge is 0.0945 e. The molecule has 1 rings (SSSR count). The molecule has 1 N–H and O–H groups in total. The van der Waals surface area contributed by atoms with Gasteiger partial charge in [0.1, 0.15) is 0 Å². The Morgan fingerprint density at radius 3 is 2.67 bits per heavy atom. The third kappa shape index (κ3) is 2.08. The number of aliphatic hydroxyl groups is 1. The molecule has 0 aliphatic heterocycles. The van der Waals surface area contributed by atoms with Gasteiger partial charge in [-0.15, -0.1) is 0 Å². The van der Waals surface area contributed by atoms with Crippen molar-refractivity contribution in [3.8, 4) is 0 Å². The first kappa shape index (κ1) is 9.26. The molecule has 0 saturated carbocycles. The minimum Gasteiger partial charge on any atom is -0.396 e. The topological polar surface area (TPSA) is 38.0 Å². The molecule has 0 amide bonds. The minimum absolute atomic E-state index is 0.0478. The summed E-state index contributed by atoms with van der Waals surface area (Å²) in [7, 11) is 1.97. The number of hydrogen-bond acceptors (Lipinski definition) is 2. The van der Waals surface area contributed by atoms with Crippen LogP contribution in [0.15, 0.2) is 12.5 Å². The second-order valence-corrected chi connectivity index (χ2v) is 3.99. The van der Waals surface area contributed by atoms with Crippen molar-refractivity contribution in [2.45, 2.75) is 20.3 Å². The first-order valence-corrected chi connectivity index (χ1v) is 4.11. The van der Waals surface area contributed by atoms with Crippen LogP contribution < -0.4 is 0 Å². The molecule has 0 radical (unpaired) electrons. The van der Waals surface area contributed by atoms with Crippen LogP contribution >= 0.6 is 0 Å². The van der Waals surface area contributed by atoms with Gasteiger partial charge < -0.3 is 9.67 Å². The summed E-state index contributed by atoms with van der Waals surface area (Å²) in [5, 5.41) is 9.05. The molecule has 0 aliphatic rings. The molecule has 12 heavy (non-hydrogen) atoms. The van der Waals surface area contributed by atoms with Gasteiger partial charge in [0.2, 0.25) is 0 Å². The highest BCUT2D eigenvalue weighted by molar-refractivity contribution is 5.00. The van der Waals surface area contributed by atoms with E-state index in [-0.39, 0.29) is 12.0 Å². The van der Waals surface area contributed by atoms with Gasteiger partial charge in [0, 0.05) is 25.5 Å². The number of imidazole rings is 1. The fourth-order valence-electron chi connectivity index (χ4n) is 1.10. The van der Waals surface area contributed by atoms with Gasteiger partial charge >= 0.3 is 0 Å². The van der Waals surface area contributed by atoms with Gasteiger partial charge in [-0.25, -0.2) is 4.98 Å². The molecule has 0 atom stereocenters. The number of aliphatic hydroxyl groups excluding tert-OH is 1. The normalized spacial score (nSPS) is 12.0. The van der Waals surface area contributed by atoms with Crippen LogP contribution in [0.4, 0.5) is 0 Å². The van der Waals surface area contributed by atoms with Crippen LogP contribution in [0.25, 0.3) is 0 Å². The lowest BCUT2D eigenvalue weighted by molar-refractivity contribution is 0.158. The summed E-state index contributed by atoms with van der Waals surface area (Å²) in [6.07, 6.45) is 4.49. The Labute approximate surface area is 73.1 Å². The molecule has 0 fully saturated rings. The maximum absolute atomic E-state index is 9.05. The SMILES string of the molecule is Cn1cncc1CC(C)(C)CO. The molecule has 68 valence electrons. The molecule has 1 aromatic heterocycles. The van der Waals surface area contributed by atoms with Crippen molar-refractivity contribution in [1.29, 1.82) is 0 Å². The maximum Gasteiger partial charge on any atom is 0.0945 e. The van der Waals surface area contributed by atoms with Crippen LogP contribution in [0.1, 0.15) is 19.5 Å². The Kier molecular flexibility index (Phi) is 2.52. The summed E-state index contributed by atoms with van der Waals surface area (Å²) >= 11 is 0. The Balaban J connectivity index is 2.70. The molecule has 0 spiro atoms. The van der Waals surface area contributed by atoms with Crippen LogP contribution in [-0.2, 0) is 13.5 Å². The third-order valence-electron chi connectivity index (χ3n) is 2.00. The summed E-state index contributed by atoms with van der Waals surface area (Å²) < 4.78 is 1.98. The number of nitrogens with zero attached hydrogens (tertiary/aromatic N) is 2. The predicted octanol–water partition coefficient (Wildman–Crippen LogP) is 0.981. The second-order valence-electron chi connectivity index (χ2n) is 3.99. The lowest BCUT2D eigenvalue weighted by Gasteiger charge is -2.21. The van der Waals surface area contributed by atoms with Crippen molar-refractivity contribution in [3.05, 3.63) is 18.2 Å². The Morgan fingerprint density at radius 1 is 1.58 bits per heavy atom. The molecule has 1 heterocycles. The van der Waals surface area contributed by atoms with Crippen molar-refractivity contribution in [2.75, 3.05) is 6.61 Å². The van der Waals surface area contributed by atoms with Gasteiger partial charge in [0.05, 0.1) is 6.33 Å². The molecular formula is C9H16N2O. The Hall–Kier alpha value is -0.830. The predicted molar refractivity (Wildman–Crippen MR) is 47.8 cm³/mol. The third-order valence-corrected chi connectivity index (χ3v) is 2.00. The summed E-state index contributed by atoms with van der Waals surface area (Å²) in [5.74, 6) is 0. The molecule has 0 aliphatic carbocycles. The lowest BCUT2D eigenvalue weighted by Crippen LogP contribution is -2.21. The number of aromatic nitrogens is 2. The molecule has 1 aromatic rings. The lowest BCUT2D eigenvalue weighted by atomic mass is 9.89. The highest BCUT2D eigenvalue weighted by Crippen LogP contribution is 2.19. The summed E-state index contributed by atoms with van der Waals surface area (Å²) in [4.78, 5) is 4.02. The van der Waals surface area contributed by atoms with Crippen molar-refractivity contribution < 1.29 is 5.11 Å². The van der Waals surface area contributed by atoms with Crippen molar-refractivity contribution >= 4 is 0 Å². The molecule has 0 aromatic carbocycles. The number of aryl methyl sites for hydroxylation is 1. The Morgan fingerprint density at radius 2 is 2.25 bits per heavy atom. The van der Waals surface area contributed by atoms with E-state index in [9.17, 15) is 0 Å². The molecule has 0 saturated heterocycles. The van der Waals surface area contributed by atoms with Crippen molar-refractivity contribution in [3.63, 3.8) is 0 Å². The van der Waals surface area contributed by atoms with Crippen LogP contribution in [0.3, 0.4) is 0 Å². The zero-order valence-corrected chi connectivity index (χ0v) is 7.91. The average molecular weight is 168 g/mol. The van der Waals surface area contributed by atoms with Crippen LogP contribution in [0, 0.1) is 5.41 Å². The zero-order valence-electron chi connectivity index (χ0n) is 7.91. The molecule has 3 heteroatoms. The van der Waals surface area contributed by atoms with Crippen LogP contribution in [0.2, 0.25) is 0 Å². The van der Waals surface area contributed by atoms with E-state index in [0.717, 1.165) is 12.1 Å². The highest BCUT2D eigenvalue weighted by atomic mass is 16.3.